The fraction of sp³-hybridized carbons (Fsp3) is 0.316. The molecule has 1 amide bonds. The molecular formula is C19H21BClNO2. The molecule has 2 rings (SSSR count). The Morgan fingerprint density at radius 2 is 1.96 bits per heavy atom. The first-order valence-corrected chi connectivity index (χ1v) is 8.53. The maximum absolute atomic E-state index is 12.4. The van der Waals surface area contributed by atoms with Crippen LogP contribution in [0.1, 0.15) is 35.7 Å². The van der Waals surface area contributed by atoms with Crippen LogP contribution >= 0.6 is 11.6 Å². The van der Waals surface area contributed by atoms with Crippen molar-refractivity contribution >= 4 is 30.8 Å². The standard InChI is InChI=1S/C19H21BClNO2/c1-2-3-12-24-18-9-8-16(21)13-17(18)19(23)22-11-10-14-4-6-15(20)7-5-14/h4-9,13H,2-3,10-12H2,1H3,(H,22,23). The van der Waals surface area contributed by atoms with Gasteiger partial charge in [-0.2, -0.15) is 0 Å². The quantitative estimate of drug-likeness (QED) is 0.591. The molecule has 0 aliphatic carbocycles. The molecule has 0 spiro atoms. The molecule has 0 aliphatic heterocycles. The topological polar surface area (TPSA) is 38.3 Å². The average Bonchev–Trinajstić information content (AvgIpc) is 2.58. The molecule has 1 N–H and O–H groups in total. The highest BCUT2D eigenvalue weighted by atomic mass is 35.5. The molecule has 2 aromatic rings. The number of rotatable bonds is 8. The summed E-state index contributed by atoms with van der Waals surface area (Å²) in [6.45, 7) is 3.21. The minimum absolute atomic E-state index is 0.181. The molecule has 0 aliphatic rings. The third-order valence-electron chi connectivity index (χ3n) is 3.62. The van der Waals surface area contributed by atoms with Crippen molar-refractivity contribution in [3.8, 4) is 5.75 Å². The molecule has 124 valence electrons. The summed E-state index contributed by atoms with van der Waals surface area (Å²) in [5.74, 6) is 0.386. The Morgan fingerprint density at radius 3 is 2.67 bits per heavy atom. The molecule has 0 atom stereocenters. The van der Waals surface area contributed by atoms with Crippen LogP contribution < -0.4 is 15.5 Å². The van der Waals surface area contributed by atoms with Crippen LogP contribution in [0.25, 0.3) is 0 Å². The smallest absolute Gasteiger partial charge is 0.255 e. The number of benzene rings is 2. The number of carbonyl (C=O) groups excluding carboxylic acids is 1. The van der Waals surface area contributed by atoms with Gasteiger partial charge in [0.2, 0.25) is 0 Å². The summed E-state index contributed by atoms with van der Waals surface area (Å²) in [5.41, 5.74) is 2.32. The molecule has 0 aromatic heterocycles. The first-order chi connectivity index (χ1) is 11.6. The van der Waals surface area contributed by atoms with Crippen LogP contribution in [0.3, 0.4) is 0 Å². The summed E-state index contributed by atoms with van der Waals surface area (Å²) in [4.78, 5) is 12.4. The summed E-state index contributed by atoms with van der Waals surface area (Å²) < 4.78 is 5.70. The van der Waals surface area contributed by atoms with Crippen molar-refractivity contribution in [1.29, 1.82) is 0 Å². The number of unbranched alkanes of at least 4 members (excludes halogenated alkanes) is 1. The molecular weight excluding hydrogens is 320 g/mol. The van der Waals surface area contributed by atoms with Crippen molar-refractivity contribution in [1.82, 2.24) is 5.32 Å². The lowest BCUT2D eigenvalue weighted by molar-refractivity contribution is 0.0950. The van der Waals surface area contributed by atoms with E-state index < -0.39 is 0 Å². The van der Waals surface area contributed by atoms with E-state index in [0.29, 0.717) is 29.5 Å². The normalized spacial score (nSPS) is 10.4. The zero-order chi connectivity index (χ0) is 17.4. The molecule has 0 saturated carbocycles. The second-order valence-electron chi connectivity index (χ2n) is 5.59. The molecule has 3 nitrogen and oxygen atoms in total. The fourth-order valence-electron chi connectivity index (χ4n) is 2.23. The number of ether oxygens (including phenoxy) is 1. The first kappa shape index (κ1) is 18.4. The number of halogens is 1. The van der Waals surface area contributed by atoms with Gasteiger partial charge in [-0.3, -0.25) is 4.79 Å². The molecule has 0 heterocycles. The van der Waals surface area contributed by atoms with Gasteiger partial charge in [0.25, 0.3) is 5.91 Å². The van der Waals surface area contributed by atoms with Crippen molar-refractivity contribution in [3.05, 3.63) is 58.6 Å². The highest BCUT2D eigenvalue weighted by Crippen LogP contribution is 2.23. The second kappa shape index (κ2) is 9.38. The lowest BCUT2D eigenvalue weighted by Crippen LogP contribution is -2.26. The first-order valence-electron chi connectivity index (χ1n) is 8.15. The van der Waals surface area contributed by atoms with Crippen LogP contribution in [-0.4, -0.2) is 26.9 Å². The Labute approximate surface area is 149 Å². The minimum Gasteiger partial charge on any atom is -0.493 e. The van der Waals surface area contributed by atoms with E-state index in [4.69, 9.17) is 24.2 Å². The molecule has 2 radical (unpaired) electrons. The summed E-state index contributed by atoms with van der Waals surface area (Å²) in [6, 6.07) is 12.7. The van der Waals surface area contributed by atoms with E-state index in [1.54, 1.807) is 18.2 Å². The average molecular weight is 342 g/mol. The minimum atomic E-state index is -0.181. The molecule has 24 heavy (non-hydrogen) atoms. The second-order valence-corrected chi connectivity index (χ2v) is 6.03. The summed E-state index contributed by atoms with van der Waals surface area (Å²) >= 11 is 6.02. The number of amides is 1. The zero-order valence-electron chi connectivity index (χ0n) is 13.8. The molecule has 0 saturated heterocycles. The van der Waals surface area contributed by atoms with Gasteiger partial charge >= 0.3 is 0 Å². The van der Waals surface area contributed by atoms with Crippen LogP contribution in [0.4, 0.5) is 0 Å². The van der Waals surface area contributed by atoms with Crippen molar-refractivity contribution in [2.45, 2.75) is 26.2 Å². The van der Waals surface area contributed by atoms with E-state index in [9.17, 15) is 4.79 Å². The van der Waals surface area contributed by atoms with Crippen LogP contribution in [0, 0.1) is 0 Å². The zero-order valence-corrected chi connectivity index (χ0v) is 14.6. The number of hydrogen-bond donors (Lipinski definition) is 1. The molecule has 5 heteroatoms. The van der Waals surface area contributed by atoms with Gasteiger partial charge in [-0.15, -0.1) is 0 Å². The summed E-state index contributed by atoms with van der Waals surface area (Å²) in [7, 11) is 5.66. The van der Waals surface area contributed by atoms with E-state index in [2.05, 4.69) is 12.2 Å². The highest BCUT2D eigenvalue weighted by molar-refractivity contribution is 6.32. The fourth-order valence-corrected chi connectivity index (χ4v) is 2.40. The Hall–Kier alpha value is -1.94. The van der Waals surface area contributed by atoms with Crippen molar-refractivity contribution in [3.63, 3.8) is 0 Å². The Kier molecular flexibility index (Phi) is 7.19. The van der Waals surface area contributed by atoms with E-state index in [1.165, 1.54) is 0 Å². The van der Waals surface area contributed by atoms with Gasteiger partial charge in [0.1, 0.15) is 13.6 Å². The number of carbonyl (C=O) groups is 1. The van der Waals surface area contributed by atoms with Gasteiger partial charge in [-0.25, -0.2) is 0 Å². The molecule has 2 aromatic carbocycles. The third-order valence-corrected chi connectivity index (χ3v) is 3.86. The van der Waals surface area contributed by atoms with Gasteiger partial charge in [0.05, 0.1) is 12.2 Å². The lowest BCUT2D eigenvalue weighted by atomic mass is 9.95. The number of hydrogen-bond acceptors (Lipinski definition) is 2. The Bertz CT molecular complexity index is 674. The van der Waals surface area contributed by atoms with Gasteiger partial charge in [-0.1, -0.05) is 54.7 Å². The van der Waals surface area contributed by atoms with Crippen LogP contribution in [0.15, 0.2) is 42.5 Å². The maximum atomic E-state index is 12.4. The molecule has 0 unspecified atom stereocenters. The monoisotopic (exact) mass is 341 g/mol. The van der Waals surface area contributed by atoms with Crippen molar-refractivity contribution in [2.75, 3.05) is 13.2 Å². The molecule has 0 bridgehead atoms. The van der Waals surface area contributed by atoms with Crippen molar-refractivity contribution < 1.29 is 9.53 Å². The molecule has 0 fully saturated rings. The van der Waals surface area contributed by atoms with Gasteiger partial charge in [-0.05, 0) is 36.6 Å². The predicted octanol–water partition coefficient (Wildman–Crippen LogP) is 3.29. The van der Waals surface area contributed by atoms with Crippen LogP contribution in [0.2, 0.25) is 5.02 Å². The third kappa shape index (κ3) is 5.61. The van der Waals surface area contributed by atoms with Crippen molar-refractivity contribution in [2.24, 2.45) is 0 Å². The summed E-state index contributed by atoms with van der Waals surface area (Å²) in [6.07, 6.45) is 2.72. The van der Waals surface area contributed by atoms with E-state index in [-0.39, 0.29) is 5.91 Å². The van der Waals surface area contributed by atoms with Crippen LogP contribution in [-0.2, 0) is 6.42 Å². The largest absolute Gasteiger partial charge is 0.493 e. The highest BCUT2D eigenvalue weighted by Gasteiger charge is 2.13. The van der Waals surface area contributed by atoms with Gasteiger partial charge in [0.15, 0.2) is 0 Å². The maximum Gasteiger partial charge on any atom is 0.255 e. The summed E-state index contributed by atoms with van der Waals surface area (Å²) in [5, 5.41) is 3.43. The van der Waals surface area contributed by atoms with E-state index in [0.717, 1.165) is 30.3 Å². The lowest BCUT2D eigenvalue weighted by Gasteiger charge is -2.12. The van der Waals surface area contributed by atoms with E-state index in [1.807, 2.05) is 24.3 Å². The predicted molar refractivity (Wildman–Crippen MR) is 99.7 cm³/mol. The Morgan fingerprint density at radius 1 is 1.21 bits per heavy atom. The Balaban J connectivity index is 1.95. The van der Waals surface area contributed by atoms with Gasteiger partial charge in [0, 0.05) is 11.6 Å². The van der Waals surface area contributed by atoms with Crippen LogP contribution in [0.5, 0.6) is 5.75 Å². The SMILES string of the molecule is [B]c1ccc(CCNC(=O)c2cc(Cl)ccc2OCCCC)cc1. The number of nitrogens with one attached hydrogen (secondary N) is 1. The van der Waals surface area contributed by atoms with Gasteiger partial charge < -0.3 is 10.1 Å². The van der Waals surface area contributed by atoms with E-state index >= 15 is 0 Å².